The van der Waals surface area contributed by atoms with Crippen LogP contribution in [-0.2, 0) is 21.4 Å². The second-order valence-electron chi connectivity index (χ2n) is 5.97. The fourth-order valence-corrected chi connectivity index (χ4v) is 3.74. The maximum atomic E-state index is 12.8. The van der Waals surface area contributed by atoms with Crippen LogP contribution in [0.1, 0.15) is 12.5 Å². The first kappa shape index (κ1) is 19.6. The molecule has 2 N–H and O–H groups in total. The topological polar surface area (TPSA) is 102 Å². The van der Waals surface area contributed by atoms with E-state index in [1.54, 1.807) is 18.7 Å². The predicted octanol–water partition coefficient (Wildman–Crippen LogP) is 2.32. The number of para-hydroxylation sites is 1. The van der Waals surface area contributed by atoms with Crippen molar-refractivity contribution < 1.29 is 17.9 Å². The predicted molar refractivity (Wildman–Crippen MR) is 105 cm³/mol. The molecule has 1 amide bonds. The molecule has 0 unspecified atom stereocenters. The van der Waals surface area contributed by atoms with E-state index >= 15 is 0 Å². The average molecular weight is 400 g/mol. The lowest BCUT2D eigenvalue weighted by atomic mass is 10.2. The van der Waals surface area contributed by atoms with Crippen molar-refractivity contribution in [3.05, 3.63) is 66.7 Å². The zero-order chi connectivity index (χ0) is 20.1. The third-order valence-electron chi connectivity index (χ3n) is 4.02. The molecule has 0 fully saturated rings. The van der Waals surface area contributed by atoms with Gasteiger partial charge in [0.15, 0.2) is 0 Å². The number of hydrogen-bond acceptors (Lipinski definition) is 5. The Hall–Kier alpha value is -3.17. The second kappa shape index (κ2) is 8.24. The van der Waals surface area contributed by atoms with E-state index in [0.717, 1.165) is 11.3 Å². The highest BCUT2D eigenvalue weighted by Gasteiger charge is 2.18. The molecule has 0 bridgehead atoms. The van der Waals surface area contributed by atoms with Crippen molar-refractivity contribution >= 4 is 21.6 Å². The first-order valence-electron chi connectivity index (χ1n) is 8.42. The highest BCUT2D eigenvalue weighted by Crippen LogP contribution is 2.27. The number of sulfonamides is 1. The van der Waals surface area contributed by atoms with E-state index in [9.17, 15) is 13.2 Å². The first-order valence-corrected chi connectivity index (χ1v) is 9.90. The van der Waals surface area contributed by atoms with E-state index in [4.69, 9.17) is 4.74 Å². The minimum Gasteiger partial charge on any atom is -0.495 e. The van der Waals surface area contributed by atoms with E-state index in [-0.39, 0.29) is 23.0 Å². The van der Waals surface area contributed by atoms with Gasteiger partial charge in [-0.05, 0) is 29.8 Å². The molecule has 2 aromatic carbocycles. The normalized spacial score (nSPS) is 11.2. The summed E-state index contributed by atoms with van der Waals surface area (Å²) in [4.78, 5) is 15.4. The van der Waals surface area contributed by atoms with Crippen LogP contribution in [0.4, 0.5) is 5.69 Å². The molecule has 146 valence electrons. The van der Waals surface area contributed by atoms with Crippen LogP contribution in [-0.4, -0.2) is 31.0 Å². The molecule has 0 saturated heterocycles. The van der Waals surface area contributed by atoms with Gasteiger partial charge < -0.3 is 14.6 Å². The smallest absolute Gasteiger partial charge is 0.240 e. The molecular formula is C19H20N4O4S. The number of nitrogens with zero attached hydrogens (tertiary/aromatic N) is 2. The van der Waals surface area contributed by atoms with Crippen molar-refractivity contribution in [2.45, 2.75) is 18.4 Å². The lowest BCUT2D eigenvalue weighted by molar-refractivity contribution is -0.114. The Bertz CT molecular complexity index is 1080. The quantitative estimate of drug-likeness (QED) is 0.634. The monoisotopic (exact) mass is 400 g/mol. The Morgan fingerprint density at radius 1 is 1.21 bits per heavy atom. The number of carbonyl (C=O) groups excluding carboxylic acids is 1. The molecule has 0 atom stereocenters. The molecule has 0 saturated carbocycles. The minimum atomic E-state index is -3.81. The van der Waals surface area contributed by atoms with Gasteiger partial charge in [-0.3, -0.25) is 4.79 Å². The maximum Gasteiger partial charge on any atom is 0.240 e. The van der Waals surface area contributed by atoms with Crippen molar-refractivity contribution in [2.24, 2.45) is 0 Å². The summed E-state index contributed by atoms with van der Waals surface area (Å²) in [6.07, 6.45) is 5.09. The van der Waals surface area contributed by atoms with E-state index in [0.29, 0.717) is 5.75 Å². The van der Waals surface area contributed by atoms with Gasteiger partial charge in [-0.2, -0.15) is 0 Å². The number of imidazole rings is 1. The van der Waals surface area contributed by atoms with Crippen molar-refractivity contribution in [1.29, 1.82) is 0 Å². The first-order chi connectivity index (χ1) is 13.4. The number of anilines is 1. The van der Waals surface area contributed by atoms with Gasteiger partial charge in [0.2, 0.25) is 15.9 Å². The van der Waals surface area contributed by atoms with Crippen molar-refractivity contribution in [3.8, 4) is 11.4 Å². The van der Waals surface area contributed by atoms with Crippen LogP contribution in [0.2, 0.25) is 0 Å². The fourth-order valence-electron chi connectivity index (χ4n) is 2.71. The molecule has 8 nitrogen and oxygen atoms in total. The number of methoxy groups -OCH3 is 1. The Morgan fingerprint density at radius 2 is 2.00 bits per heavy atom. The number of amides is 1. The maximum absolute atomic E-state index is 12.8. The highest BCUT2D eigenvalue weighted by atomic mass is 32.2. The molecule has 1 heterocycles. The molecule has 3 rings (SSSR count). The van der Waals surface area contributed by atoms with Crippen LogP contribution in [0, 0.1) is 0 Å². The second-order valence-corrected chi connectivity index (χ2v) is 7.73. The number of rotatable bonds is 7. The van der Waals surface area contributed by atoms with E-state index < -0.39 is 10.0 Å². The molecule has 0 aliphatic heterocycles. The summed E-state index contributed by atoms with van der Waals surface area (Å²) >= 11 is 0. The van der Waals surface area contributed by atoms with Crippen LogP contribution in [0.25, 0.3) is 5.69 Å². The third-order valence-corrected chi connectivity index (χ3v) is 5.42. The summed E-state index contributed by atoms with van der Waals surface area (Å²) in [5.74, 6) is 0.0506. The summed E-state index contributed by atoms with van der Waals surface area (Å²) < 4.78 is 35.1. The molecule has 3 aromatic rings. The number of hydrogen-bond donors (Lipinski definition) is 2. The molecular weight excluding hydrogens is 380 g/mol. The van der Waals surface area contributed by atoms with Gasteiger partial charge in [0.25, 0.3) is 0 Å². The Kier molecular flexibility index (Phi) is 5.76. The number of aromatic nitrogens is 2. The van der Waals surface area contributed by atoms with Crippen LogP contribution in [0.5, 0.6) is 5.75 Å². The van der Waals surface area contributed by atoms with E-state index in [1.165, 1.54) is 32.2 Å². The van der Waals surface area contributed by atoms with Gasteiger partial charge in [0, 0.05) is 25.9 Å². The van der Waals surface area contributed by atoms with Crippen LogP contribution < -0.4 is 14.8 Å². The SMILES string of the molecule is COc1ccc(S(=O)(=O)NCc2ccccc2-n2ccnc2)cc1NC(C)=O. The Morgan fingerprint density at radius 3 is 2.68 bits per heavy atom. The van der Waals surface area contributed by atoms with E-state index in [2.05, 4.69) is 15.0 Å². The molecule has 1 aromatic heterocycles. The summed E-state index contributed by atoms with van der Waals surface area (Å²) in [6, 6.07) is 11.7. The minimum absolute atomic E-state index is 0.0251. The van der Waals surface area contributed by atoms with Gasteiger partial charge in [-0.15, -0.1) is 0 Å². The van der Waals surface area contributed by atoms with Crippen molar-refractivity contribution in [3.63, 3.8) is 0 Å². The molecule has 0 radical (unpaired) electrons. The van der Waals surface area contributed by atoms with Crippen molar-refractivity contribution in [1.82, 2.24) is 14.3 Å². The fraction of sp³-hybridized carbons (Fsp3) is 0.158. The largest absolute Gasteiger partial charge is 0.495 e. The Labute approximate surface area is 163 Å². The number of benzene rings is 2. The molecule has 0 aliphatic carbocycles. The summed E-state index contributed by atoms with van der Waals surface area (Å²) in [5, 5.41) is 2.57. The lowest BCUT2D eigenvalue weighted by Crippen LogP contribution is -2.24. The summed E-state index contributed by atoms with van der Waals surface area (Å²) in [5.41, 5.74) is 1.91. The molecule has 9 heteroatoms. The molecule has 0 spiro atoms. The van der Waals surface area contributed by atoms with Gasteiger partial charge in [0.1, 0.15) is 5.75 Å². The lowest BCUT2D eigenvalue weighted by Gasteiger charge is -2.14. The van der Waals surface area contributed by atoms with Crippen LogP contribution in [0.15, 0.2) is 66.1 Å². The average Bonchev–Trinajstić information content (AvgIpc) is 3.21. The van der Waals surface area contributed by atoms with Gasteiger partial charge in [-0.25, -0.2) is 18.1 Å². The van der Waals surface area contributed by atoms with Crippen molar-refractivity contribution in [2.75, 3.05) is 12.4 Å². The number of nitrogens with one attached hydrogen (secondary N) is 2. The molecule has 0 aliphatic rings. The summed E-state index contributed by atoms with van der Waals surface area (Å²) in [7, 11) is -2.36. The van der Waals surface area contributed by atoms with Crippen LogP contribution >= 0.6 is 0 Å². The van der Waals surface area contributed by atoms with Gasteiger partial charge >= 0.3 is 0 Å². The van der Waals surface area contributed by atoms with Gasteiger partial charge in [0.05, 0.1) is 29.7 Å². The zero-order valence-corrected chi connectivity index (χ0v) is 16.2. The van der Waals surface area contributed by atoms with Crippen LogP contribution in [0.3, 0.4) is 0 Å². The highest BCUT2D eigenvalue weighted by molar-refractivity contribution is 7.89. The zero-order valence-electron chi connectivity index (χ0n) is 15.4. The Balaban J connectivity index is 1.85. The number of carbonyl (C=O) groups is 1. The van der Waals surface area contributed by atoms with E-state index in [1.807, 2.05) is 28.8 Å². The summed E-state index contributed by atoms with van der Waals surface area (Å²) in [6.45, 7) is 1.43. The standard InChI is InChI=1S/C19H20N4O4S/c1-14(24)22-17-11-16(7-8-19(17)27-2)28(25,26)21-12-15-5-3-4-6-18(15)23-10-9-20-13-23/h3-11,13,21H,12H2,1-2H3,(H,22,24). The van der Waals surface area contributed by atoms with Gasteiger partial charge in [-0.1, -0.05) is 18.2 Å². The third kappa shape index (κ3) is 4.38. The number of ether oxygens (including phenoxy) is 1. The molecule has 28 heavy (non-hydrogen) atoms.